The Kier molecular flexibility index (Phi) is 4.97. The van der Waals surface area contributed by atoms with Gasteiger partial charge in [0.25, 0.3) is 5.91 Å². The topological polar surface area (TPSA) is 41.5 Å². The summed E-state index contributed by atoms with van der Waals surface area (Å²) in [5.74, 6) is -0.272. The van der Waals surface area contributed by atoms with Gasteiger partial charge in [-0.15, -0.1) is 11.3 Å². The van der Waals surface area contributed by atoms with Crippen LogP contribution < -0.4 is 5.43 Å². The van der Waals surface area contributed by atoms with Crippen molar-refractivity contribution in [2.24, 2.45) is 5.10 Å². The van der Waals surface area contributed by atoms with Gasteiger partial charge in [-0.3, -0.25) is 4.79 Å². The molecule has 0 aliphatic heterocycles. The molecule has 1 amide bonds. The van der Waals surface area contributed by atoms with Gasteiger partial charge < -0.3 is 0 Å². The second kappa shape index (κ2) is 7.16. The van der Waals surface area contributed by atoms with E-state index in [1.54, 1.807) is 0 Å². The number of nitrogens with zero attached hydrogens (tertiary/aromatic N) is 1. The van der Waals surface area contributed by atoms with Crippen molar-refractivity contribution in [3.05, 3.63) is 69.6 Å². The molecule has 0 aliphatic rings. The normalized spacial score (nSPS) is 11.7. The number of hydrazone groups is 1. The highest BCUT2D eigenvalue weighted by molar-refractivity contribution is 7.21. The summed E-state index contributed by atoms with van der Waals surface area (Å²) < 4.78 is 1.01. The molecule has 1 aromatic heterocycles. The molecule has 3 rings (SSSR count). The van der Waals surface area contributed by atoms with Crippen molar-refractivity contribution in [3.63, 3.8) is 0 Å². The zero-order valence-electron chi connectivity index (χ0n) is 13.5. The number of amides is 1. The fourth-order valence-electron chi connectivity index (χ4n) is 2.45. The van der Waals surface area contributed by atoms with Gasteiger partial charge in [0.2, 0.25) is 0 Å². The van der Waals surface area contributed by atoms with Crippen molar-refractivity contribution in [2.75, 3.05) is 0 Å². The molecule has 2 aromatic carbocycles. The predicted molar refractivity (Wildman–Crippen MR) is 102 cm³/mol. The molecular weight excluding hydrogens is 340 g/mol. The number of hydrogen-bond donors (Lipinski definition) is 1. The van der Waals surface area contributed by atoms with Gasteiger partial charge in [-0.05, 0) is 31.0 Å². The highest BCUT2D eigenvalue weighted by Crippen LogP contribution is 2.35. The van der Waals surface area contributed by atoms with Gasteiger partial charge in [-0.2, -0.15) is 5.10 Å². The standard InChI is InChI=1S/C19H17ClN2OS/c1-12-8-9-15-16(10-12)24-18(17(15)20)19(23)22-21-13(2)11-14-6-4-3-5-7-14/h3-10H,11H2,1-2H3,(H,22,23)/b21-13+. The first kappa shape index (κ1) is 16.7. The molecule has 24 heavy (non-hydrogen) atoms. The van der Waals surface area contributed by atoms with E-state index in [0.29, 0.717) is 16.3 Å². The summed E-state index contributed by atoms with van der Waals surface area (Å²) in [5.41, 5.74) is 5.74. The molecule has 0 bridgehead atoms. The number of halogens is 1. The molecule has 3 nitrogen and oxygen atoms in total. The van der Waals surface area contributed by atoms with Crippen LogP contribution in [0.25, 0.3) is 10.1 Å². The van der Waals surface area contributed by atoms with Crippen LogP contribution in [0.1, 0.15) is 27.7 Å². The Morgan fingerprint density at radius 3 is 2.71 bits per heavy atom. The highest BCUT2D eigenvalue weighted by Gasteiger charge is 2.16. The minimum atomic E-state index is -0.272. The van der Waals surface area contributed by atoms with E-state index in [2.05, 4.69) is 10.5 Å². The Labute approximate surface area is 150 Å². The van der Waals surface area contributed by atoms with E-state index in [1.165, 1.54) is 11.3 Å². The number of thiophene rings is 1. The maximum Gasteiger partial charge on any atom is 0.283 e. The van der Waals surface area contributed by atoms with Gasteiger partial charge in [0.1, 0.15) is 4.88 Å². The van der Waals surface area contributed by atoms with Crippen LogP contribution >= 0.6 is 22.9 Å². The second-order valence-corrected chi connectivity index (χ2v) is 7.13. The molecule has 0 unspecified atom stereocenters. The molecule has 0 radical (unpaired) electrons. The summed E-state index contributed by atoms with van der Waals surface area (Å²) in [5, 5.41) is 5.58. The van der Waals surface area contributed by atoms with E-state index in [0.717, 1.165) is 26.9 Å². The molecule has 5 heteroatoms. The zero-order chi connectivity index (χ0) is 17.1. The number of aryl methyl sites for hydroxylation is 1. The lowest BCUT2D eigenvalue weighted by Gasteiger charge is -2.02. The minimum absolute atomic E-state index is 0.272. The van der Waals surface area contributed by atoms with Crippen LogP contribution in [-0.4, -0.2) is 11.6 Å². The maximum atomic E-state index is 12.4. The molecule has 3 aromatic rings. The predicted octanol–water partition coefficient (Wildman–Crippen LogP) is 5.21. The molecule has 0 spiro atoms. The number of carbonyl (C=O) groups excluding carboxylic acids is 1. The Morgan fingerprint density at radius 1 is 1.21 bits per heavy atom. The van der Waals surface area contributed by atoms with Crippen molar-refractivity contribution < 1.29 is 4.79 Å². The number of fused-ring (bicyclic) bond motifs is 1. The lowest BCUT2D eigenvalue weighted by Crippen LogP contribution is -2.18. The fourth-order valence-corrected chi connectivity index (χ4v) is 3.95. The van der Waals surface area contributed by atoms with Gasteiger partial charge in [0.05, 0.1) is 5.02 Å². The summed E-state index contributed by atoms with van der Waals surface area (Å²) in [6, 6.07) is 16.0. The quantitative estimate of drug-likeness (QED) is 0.506. The molecule has 1 N–H and O–H groups in total. The summed E-state index contributed by atoms with van der Waals surface area (Å²) in [4.78, 5) is 12.9. The van der Waals surface area contributed by atoms with Crippen LogP contribution in [0.5, 0.6) is 0 Å². The number of rotatable bonds is 4. The van der Waals surface area contributed by atoms with Gasteiger partial charge in [0, 0.05) is 22.2 Å². The van der Waals surface area contributed by atoms with E-state index < -0.39 is 0 Å². The average molecular weight is 357 g/mol. The fraction of sp³-hybridized carbons (Fsp3) is 0.158. The highest BCUT2D eigenvalue weighted by atomic mass is 35.5. The summed E-state index contributed by atoms with van der Waals surface area (Å²) in [7, 11) is 0. The van der Waals surface area contributed by atoms with E-state index in [1.807, 2.05) is 62.4 Å². The lowest BCUT2D eigenvalue weighted by molar-refractivity contribution is 0.0959. The number of benzene rings is 2. The number of hydrogen-bond acceptors (Lipinski definition) is 3. The third-order valence-corrected chi connectivity index (χ3v) is 5.30. The number of nitrogens with one attached hydrogen (secondary N) is 1. The van der Waals surface area contributed by atoms with Crippen LogP contribution in [0.2, 0.25) is 5.02 Å². The Bertz CT molecular complexity index is 916. The van der Waals surface area contributed by atoms with Crippen molar-refractivity contribution in [3.8, 4) is 0 Å². The zero-order valence-corrected chi connectivity index (χ0v) is 15.0. The Balaban J connectivity index is 1.75. The number of carbonyl (C=O) groups is 1. The van der Waals surface area contributed by atoms with E-state index in [4.69, 9.17) is 11.6 Å². The van der Waals surface area contributed by atoms with E-state index in [-0.39, 0.29) is 5.91 Å². The maximum absolute atomic E-state index is 12.4. The van der Waals surface area contributed by atoms with Crippen molar-refractivity contribution >= 4 is 44.6 Å². The van der Waals surface area contributed by atoms with Crippen LogP contribution in [0, 0.1) is 6.92 Å². The van der Waals surface area contributed by atoms with Crippen LogP contribution in [0.4, 0.5) is 0 Å². The van der Waals surface area contributed by atoms with Gasteiger partial charge >= 0.3 is 0 Å². The first-order valence-electron chi connectivity index (χ1n) is 7.60. The SMILES string of the molecule is C/C(Cc1ccccc1)=N\NC(=O)c1sc2cc(C)ccc2c1Cl. The monoisotopic (exact) mass is 356 g/mol. The molecule has 0 fully saturated rings. The molecule has 0 atom stereocenters. The van der Waals surface area contributed by atoms with Crippen LogP contribution in [0.15, 0.2) is 53.6 Å². The van der Waals surface area contributed by atoms with Gasteiger partial charge in [0.15, 0.2) is 0 Å². The Hall–Kier alpha value is -2.17. The molecule has 1 heterocycles. The summed E-state index contributed by atoms with van der Waals surface area (Å²) in [6.45, 7) is 3.91. The van der Waals surface area contributed by atoms with Crippen LogP contribution in [0.3, 0.4) is 0 Å². The average Bonchev–Trinajstić information content (AvgIpc) is 2.90. The third kappa shape index (κ3) is 3.66. The first-order valence-corrected chi connectivity index (χ1v) is 8.80. The van der Waals surface area contributed by atoms with Gasteiger partial charge in [-0.25, -0.2) is 5.43 Å². The molecule has 122 valence electrons. The first-order chi connectivity index (χ1) is 11.5. The largest absolute Gasteiger partial charge is 0.283 e. The molecule has 0 aliphatic carbocycles. The molecular formula is C19H17ClN2OS. The second-order valence-electron chi connectivity index (χ2n) is 5.70. The van der Waals surface area contributed by atoms with Crippen molar-refractivity contribution in [1.82, 2.24) is 5.43 Å². The summed E-state index contributed by atoms with van der Waals surface area (Å²) in [6.07, 6.45) is 0.695. The van der Waals surface area contributed by atoms with Gasteiger partial charge in [-0.1, -0.05) is 54.1 Å². The minimum Gasteiger partial charge on any atom is -0.266 e. The van der Waals surface area contributed by atoms with Crippen molar-refractivity contribution in [2.45, 2.75) is 20.3 Å². The van der Waals surface area contributed by atoms with E-state index >= 15 is 0 Å². The van der Waals surface area contributed by atoms with E-state index in [9.17, 15) is 4.79 Å². The third-order valence-electron chi connectivity index (χ3n) is 3.64. The lowest BCUT2D eigenvalue weighted by atomic mass is 10.1. The summed E-state index contributed by atoms with van der Waals surface area (Å²) >= 11 is 7.74. The van der Waals surface area contributed by atoms with Crippen molar-refractivity contribution in [1.29, 1.82) is 0 Å². The molecule has 0 saturated carbocycles. The smallest absolute Gasteiger partial charge is 0.266 e. The Morgan fingerprint density at radius 2 is 1.96 bits per heavy atom. The molecule has 0 saturated heterocycles. The van der Waals surface area contributed by atoms with Crippen LogP contribution in [-0.2, 0) is 6.42 Å².